The van der Waals surface area contributed by atoms with Gasteiger partial charge >= 0.3 is 6.03 Å². The number of anilines is 1. The predicted octanol–water partition coefficient (Wildman–Crippen LogP) is 3.56. The van der Waals surface area contributed by atoms with Gasteiger partial charge in [-0.05, 0) is 37.6 Å². The monoisotopic (exact) mass is 391 g/mol. The molecule has 2 aromatic heterocycles. The normalized spacial score (nSPS) is 11.8. The molecule has 0 radical (unpaired) electrons. The van der Waals surface area contributed by atoms with Gasteiger partial charge in [-0.2, -0.15) is 9.78 Å². The third kappa shape index (κ3) is 3.92. The van der Waals surface area contributed by atoms with E-state index in [0.29, 0.717) is 27.5 Å². The summed E-state index contributed by atoms with van der Waals surface area (Å²) in [4.78, 5) is 24.7. The van der Waals surface area contributed by atoms with Crippen LogP contribution in [0, 0.1) is 6.92 Å². The fourth-order valence-electron chi connectivity index (χ4n) is 2.26. The number of benzene rings is 1. The highest BCUT2D eigenvalue weighted by atomic mass is 35.5. The van der Waals surface area contributed by atoms with Crippen molar-refractivity contribution in [3.63, 3.8) is 0 Å². The van der Waals surface area contributed by atoms with Crippen LogP contribution in [0.3, 0.4) is 0 Å². The van der Waals surface area contributed by atoms with Crippen LogP contribution in [-0.4, -0.2) is 30.8 Å². The molecular formula is C16H15Cl2N7O. The summed E-state index contributed by atoms with van der Waals surface area (Å²) in [6.07, 6.45) is 4.57. The van der Waals surface area contributed by atoms with Crippen molar-refractivity contribution in [1.29, 1.82) is 0 Å². The number of aromatic nitrogens is 5. The highest BCUT2D eigenvalue weighted by molar-refractivity contribution is 6.36. The molecule has 134 valence electrons. The second kappa shape index (κ2) is 7.67. The van der Waals surface area contributed by atoms with E-state index in [4.69, 9.17) is 23.2 Å². The summed E-state index contributed by atoms with van der Waals surface area (Å²) in [5.41, 5.74) is 1.24. The second-order valence-electron chi connectivity index (χ2n) is 5.48. The van der Waals surface area contributed by atoms with Crippen molar-refractivity contribution in [2.24, 2.45) is 0 Å². The Balaban J connectivity index is 1.73. The topological polar surface area (TPSA) is 97.6 Å². The largest absolute Gasteiger partial charge is 0.328 e. The van der Waals surface area contributed by atoms with Crippen LogP contribution >= 0.6 is 23.2 Å². The lowest BCUT2D eigenvalue weighted by Gasteiger charge is -2.15. The van der Waals surface area contributed by atoms with Gasteiger partial charge < -0.3 is 10.6 Å². The molecule has 3 rings (SSSR count). The van der Waals surface area contributed by atoms with Crippen LogP contribution in [0.5, 0.6) is 0 Å². The smallest absolute Gasteiger partial charge is 0.319 e. The molecule has 0 aliphatic carbocycles. The third-order valence-electron chi connectivity index (χ3n) is 3.55. The van der Waals surface area contributed by atoms with Crippen molar-refractivity contribution in [2.45, 2.75) is 19.9 Å². The van der Waals surface area contributed by atoms with Crippen LogP contribution in [0.15, 0.2) is 36.9 Å². The lowest BCUT2D eigenvalue weighted by Crippen LogP contribution is -2.32. The van der Waals surface area contributed by atoms with Crippen molar-refractivity contribution < 1.29 is 4.79 Å². The van der Waals surface area contributed by atoms with Gasteiger partial charge in [-0.15, -0.1) is 0 Å². The molecule has 0 unspecified atom stereocenters. The van der Waals surface area contributed by atoms with Gasteiger partial charge in [-0.3, -0.25) is 0 Å². The second-order valence-corrected chi connectivity index (χ2v) is 6.29. The average molecular weight is 392 g/mol. The van der Waals surface area contributed by atoms with Crippen LogP contribution in [0.2, 0.25) is 10.0 Å². The molecule has 26 heavy (non-hydrogen) atoms. The highest BCUT2D eigenvalue weighted by Gasteiger charge is 2.18. The Labute approximate surface area is 159 Å². The van der Waals surface area contributed by atoms with Crippen LogP contribution in [-0.2, 0) is 0 Å². The molecule has 8 nitrogen and oxygen atoms in total. The van der Waals surface area contributed by atoms with Gasteiger partial charge in [-0.1, -0.05) is 23.2 Å². The van der Waals surface area contributed by atoms with E-state index in [1.807, 2.05) is 6.92 Å². The molecule has 0 aliphatic heterocycles. The molecule has 0 saturated heterocycles. The molecule has 0 aliphatic rings. The Morgan fingerprint density at radius 1 is 1.15 bits per heavy atom. The first-order valence-electron chi connectivity index (χ1n) is 7.66. The molecular weight excluding hydrogens is 377 g/mol. The molecule has 3 aromatic rings. The molecule has 2 amide bonds. The first-order valence-corrected chi connectivity index (χ1v) is 8.41. The van der Waals surface area contributed by atoms with E-state index in [2.05, 4.69) is 30.7 Å². The van der Waals surface area contributed by atoms with Gasteiger partial charge in [0.2, 0.25) is 0 Å². The maximum absolute atomic E-state index is 12.3. The number of aryl methyl sites for hydroxylation is 1. The molecule has 1 aromatic carbocycles. The molecule has 2 N–H and O–H groups in total. The van der Waals surface area contributed by atoms with E-state index in [9.17, 15) is 4.79 Å². The SMILES string of the molecule is Cc1cc(Cl)c(NC(=O)N[C@@H](C)c2ncnn2-c2ncccn2)cc1Cl. The summed E-state index contributed by atoms with van der Waals surface area (Å²) in [7, 11) is 0. The maximum atomic E-state index is 12.3. The zero-order valence-electron chi connectivity index (χ0n) is 13.9. The zero-order chi connectivity index (χ0) is 18.7. The lowest BCUT2D eigenvalue weighted by molar-refractivity contribution is 0.248. The molecule has 0 spiro atoms. The van der Waals surface area contributed by atoms with E-state index >= 15 is 0 Å². The van der Waals surface area contributed by atoms with Crippen molar-refractivity contribution in [1.82, 2.24) is 30.0 Å². The average Bonchev–Trinajstić information content (AvgIpc) is 3.10. The number of amides is 2. The van der Waals surface area contributed by atoms with E-state index in [-0.39, 0.29) is 0 Å². The number of hydrogen-bond donors (Lipinski definition) is 2. The quantitative estimate of drug-likeness (QED) is 0.708. The molecule has 2 heterocycles. The molecule has 1 atom stereocenters. The maximum Gasteiger partial charge on any atom is 0.319 e. The van der Waals surface area contributed by atoms with Gasteiger partial charge in [0.25, 0.3) is 5.95 Å². The van der Waals surface area contributed by atoms with E-state index < -0.39 is 12.1 Å². The summed E-state index contributed by atoms with van der Waals surface area (Å²) in [5, 5.41) is 10.5. The number of carbonyl (C=O) groups is 1. The number of carbonyl (C=O) groups excluding carboxylic acids is 1. The third-order valence-corrected chi connectivity index (χ3v) is 4.27. The number of nitrogens with zero attached hydrogens (tertiary/aromatic N) is 5. The summed E-state index contributed by atoms with van der Waals surface area (Å²) < 4.78 is 1.46. The van der Waals surface area contributed by atoms with Crippen LogP contribution in [0.4, 0.5) is 10.5 Å². The van der Waals surface area contributed by atoms with Crippen molar-refractivity contribution in [3.05, 3.63) is 58.4 Å². The Bertz CT molecular complexity index is 930. The van der Waals surface area contributed by atoms with Gasteiger partial charge in [0.1, 0.15) is 6.33 Å². The molecule has 0 fully saturated rings. The number of rotatable bonds is 4. The van der Waals surface area contributed by atoms with Gasteiger partial charge in [-0.25, -0.2) is 19.7 Å². The first-order chi connectivity index (χ1) is 12.5. The van der Waals surface area contributed by atoms with Crippen molar-refractivity contribution >= 4 is 34.9 Å². The summed E-state index contributed by atoms with van der Waals surface area (Å²) in [6.45, 7) is 3.60. The highest BCUT2D eigenvalue weighted by Crippen LogP contribution is 2.28. The molecule has 0 bridgehead atoms. The van der Waals surface area contributed by atoms with Crippen molar-refractivity contribution in [3.8, 4) is 5.95 Å². The standard InChI is InChI=1S/C16H15Cl2N7O/c1-9-6-12(18)13(7-11(9)17)24-16(26)23-10(2)14-21-8-22-25(14)15-19-4-3-5-20-15/h3-8,10H,1-2H3,(H2,23,24,26)/t10-/m0/s1. The van der Waals surface area contributed by atoms with Crippen molar-refractivity contribution in [2.75, 3.05) is 5.32 Å². The first kappa shape index (κ1) is 18.1. The summed E-state index contributed by atoms with van der Waals surface area (Å²) in [6, 6.07) is 4.07. The van der Waals surface area contributed by atoms with Crippen LogP contribution in [0.25, 0.3) is 5.95 Å². The van der Waals surface area contributed by atoms with E-state index in [0.717, 1.165) is 5.56 Å². The molecule has 10 heteroatoms. The minimum atomic E-state index is -0.457. The number of halogens is 2. The van der Waals surface area contributed by atoms with Gasteiger partial charge in [0, 0.05) is 17.4 Å². The van der Waals surface area contributed by atoms with Gasteiger partial charge in [0.05, 0.1) is 16.8 Å². The lowest BCUT2D eigenvalue weighted by atomic mass is 10.2. The Morgan fingerprint density at radius 3 is 2.62 bits per heavy atom. The predicted molar refractivity (Wildman–Crippen MR) is 98.7 cm³/mol. The summed E-state index contributed by atoms with van der Waals surface area (Å²) in [5.74, 6) is 0.849. The zero-order valence-corrected chi connectivity index (χ0v) is 15.5. The van der Waals surface area contributed by atoms with E-state index in [1.165, 1.54) is 11.0 Å². The number of urea groups is 1. The summed E-state index contributed by atoms with van der Waals surface area (Å²) >= 11 is 12.2. The minimum absolute atomic E-state index is 0.363. The Kier molecular flexibility index (Phi) is 5.34. The van der Waals surface area contributed by atoms with Crippen LogP contribution < -0.4 is 10.6 Å². The fraction of sp³-hybridized carbons (Fsp3) is 0.188. The Morgan fingerprint density at radius 2 is 1.88 bits per heavy atom. The number of nitrogens with one attached hydrogen (secondary N) is 2. The minimum Gasteiger partial charge on any atom is -0.328 e. The van der Waals surface area contributed by atoms with Crippen LogP contribution in [0.1, 0.15) is 24.4 Å². The van der Waals surface area contributed by atoms with E-state index in [1.54, 1.807) is 37.5 Å². The molecule has 0 saturated carbocycles. The van der Waals surface area contributed by atoms with Gasteiger partial charge in [0.15, 0.2) is 5.82 Å². The fourth-order valence-corrected chi connectivity index (χ4v) is 2.69. The number of hydrogen-bond acceptors (Lipinski definition) is 5. The Hall–Kier alpha value is -2.71.